The number of benzene rings is 2. The van der Waals surface area contributed by atoms with Gasteiger partial charge in [0.2, 0.25) is 5.91 Å². The van der Waals surface area contributed by atoms with Crippen molar-refractivity contribution in [2.75, 3.05) is 29.7 Å². The van der Waals surface area contributed by atoms with Crippen molar-refractivity contribution in [3.05, 3.63) is 59.7 Å². The van der Waals surface area contributed by atoms with Crippen LogP contribution in [0.4, 0.5) is 21.6 Å². The SMILES string of the molecule is O=C(/C=C/CCl)Nc1cc2c(Nc3ccc(F)c(Cl)c3)ncnc2cc1O[C@H]1CCOC1. The number of ether oxygens (including phenoxy) is 2. The van der Waals surface area contributed by atoms with Gasteiger partial charge in [0.25, 0.3) is 0 Å². The Morgan fingerprint density at radius 3 is 2.94 bits per heavy atom. The van der Waals surface area contributed by atoms with Gasteiger partial charge in [0, 0.05) is 35.5 Å². The molecule has 0 aliphatic carbocycles. The molecule has 0 saturated carbocycles. The Bertz CT molecular complexity index is 1170. The molecule has 1 amide bonds. The summed E-state index contributed by atoms with van der Waals surface area (Å²) in [5.74, 6) is 0.276. The van der Waals surface area contributed by atoms with Crippen LogP contribution < -0.4 is 15.4 Å². The average Bonchev–Trinajstić information content (AvgIpc) is 3.29. The maximum Gasteiger partial charge on any atom is 0.248 e. The molecular weight excluding hydrogens is 458 g/mol. The molecule has 1 aliphatic rings. The number of anilines is 3. The van der Waals surface area contributed by atoms with E-state index >= 15 is 0 Å². The Labute approximate surface area is 193 Å². The fraction of sp³-hybridized carbons (Fsp3) is 0.227. The van der Waals surface area contributed by atoms with Gasteiger partial charge in [-0.25, -0.2) is 14.4 Å². The van der Waals surface area contributed by atoms with Crippen molar-refractivity contribution in [2.45, 2.75) is 12.5 Å². The molecule has 166 valence electrons. The van der Waals surface area contributed by atoms with Crippen LogP contribution in [0.2, 0.25) is 5.02 Å². The summed E-state index contributed by atoms with van der Waals surface area (Å²) in [7, 11) is 0. The minimum Gasteiger partial charge on any atom is -0.486 e. The fourth-order valence-corrected chi connectivity index (χ4v) is 3.47. The van der Waals surface area contributed by atoms with Gasteiger partial charge in [-0.1, -0.05) is 17.7 Å². The van der Waals surface area contributed by atoms with Crippen LogP contribution in [0.15, 0.2) is 48.8 Å². The monoisotopic (exact) mass is 476 g/mol. The fourth-order valence-electron chi connectivity index (χ4n) is 3.20. The highest BCUT2D eigenvalue weighted by atomic mass is 35.5. The van der Waals surface area contributed by atoms with Gasteiger partial charge < -0.3 is 20.1 Å². The van der Waals surface area contributed by atoms with Gasteiger partial charge in [-0.15, -0.1) is 11.6 Å². The van der Waals surface area contributed by atoms with Gasteiger partial charge in [-0.3, -0.25) is 4.79 Å². The van der Waals surface area contributed by atoms with Gasteiger partial charge in [-0.2, -0.15) is 0 Å². The molecular formula is C22H19Cl2FN4O3. The maximum absolute atomic E-state index is 13.5. The number of allylic oxidation sites excluding steroid dienone is 1. The lowest BCUT2D eigenvalue weighted by Gasteiger charge is -2.17. The molecule has 32 heavy (non-hydrogen) atoms. The van der Waals surface area contributed by atoms with Crippen molar-refractivity contribution >= 4 is 57.2 Å². The minimum absolute atomic E-state index is 0.0122. The molecule has 0 unspecified atom stereocenters. The highest BCUT2D eigenvalue weighted by Crippen LogP contribution is 2.35. The Morgan fingerprint density at radius 2 is 2.19 bits per heavy atom. The molecule has 1 atom stereocenters. The molecule has 2 heterocycles. The molecule has 2 aromatic carbocycles. The second-order valence-electron chi connectivity index (χ2n) is 6.99. The lowest BCUT2D eigenvalue weighted by Crippen LogP contribution is -2.18. The summed E-state index contributed by atoms with van der Waals surface area (Å²) in [6.45, 7) is 1.09. The topological polar surface area (TPSA) is 85.4 Å². The lowest BCUT2D eigenvalue weighted by atomic mass is 10.1. The molecule has 0 bridgehead atoms. The van der Waals surface area contributed by atoms with Crippen molar-refractivity contribution in [2.24, 2.45) is 0 Å². The highest BCUT2D eigenvalue weighted by molar-refractivity contribution is 6.31. The van der Waals surface area contributed by atoms with E-state index in [-0.39, 0.29) is 22.9 Å². The molecule has 7 nitrogen and oxygen atoms in total. The first kappa shape index (κ1) is 22.3. The predicted octanol–water partition coefficient (Wildman–Crippen LogP) is 5.07. The number of hydrogen-bond donors (Lipinski definition) is 2. The van der Waals surface area contributed by atoms with E-state index in [1.54, 1.807) is 18.2 Å². The maximum atomic E-state index is 13.5. The zero-order valence-electron chi connectivity index (χ0n) is 16.8. The summed E-state index contributed by atoms with van der Waals surface area (Å²) in [5, 5.41) is 6.54. The number of halogens is 3. The molecule has 10 heteroatoms. The zero-order valence-corrected chi connectivity index (χ0v) is 18.3. The largest absolute Gasteiger partial charge is 0.486 e. The third-order valence-electron chi connectivity index (χ3n) is 4.72. The normalized spacial score (nSPS) is 15.9. The number of nitrogens with zero attached hydrogens (tertiary/aromatic N) is 2. The van der Waals surface area contributed by atoms with Gasteiger partial charge in [0.1, 0.15) is 29.8 Å². The predicted molar refractivity (Wildman–Crippen MR) is 123 cm³/mol. The van der Waals surface area contributed by atoms with E-state index in [9.17, 15) is 9.18 Å². The van der Waals surface area contributed by atoms with E-state index in [1.807, 2.05) is 0 Å². The molecule has 0 radical (unpaired) electrons. The van der Waals surface area contributed by atoms with Crippen LogP contribution in [-0.2, 0) is 9.53 Å². The van der Waals surface area contributed by atoms with Crippen molar-refractivity contribution in [3.8, 4) is 5.75 Å². The summed E-state index contributed by atoms with van der Waals surface area (Å²) in [6.07, 6.45) is 4.92. The number of alkyl halides is 1. The summed E-state index contributed by atoms with van der Waals surface area (Å²) in [6, 6.07) is 7.73. The molecule has 3 aromatic rings. The van der Waals surface area contributed by atoms with Crippen molar-refractivity contribution in [1.29, 1.82) is 0 Å². The van der Waals surface area contributed by atoms with Gasteiger partial charge in [-0.05, 0) is 24.3 Å². The molecule has 4 rings (SSSR count). The van der Waals surface area contributed by atoms with Crippen LogP contribution in [-0.4, -0.2) is 41.1 Å². The summed E-state index contributed by atoms with van der Waals surface area (Å²) in [5.41, 5.74) is 1.60. The van der Waals surface area contributed by atoms with E-state index < -0.39 is 5.82 Å². The molecule has 1 aliphatic heterocycles. The van der Waals surface area contributed by atoms with Crippen LogP contribution in [0.25, 0.3) is 10.9 Å². The number of amides is 1. The number of nitrogens with one attached hydrogen (secondary N) is 2. The number of hydrogen-bond acceptors (Lipinski definition) is 6. The molecule has 2 N–H and O–H groups in total. The third kappa shape index (κ3) is 5.27. The van der Waals surface area contributed by atoms with Crippen LogP contribution in [0.5, 0.6) is 5.75 Å². The van der Waals surface area contributed by atoms with E-state index in [4.69, 9.17) is 32.7 Å². The number of carbonyl (C=O) groups is 1. The summed E-state index contributed by atoms with van der Waals surface area (Å²) < 4.78 is 25.0. The van der Waals surface area contributed by atoms with Crippen molar-refractivity contribution in [3.63, 3.8) is 0 Å². The molecule has 1 aromatic heterocycles. The zero-order chi connectivity index (χ0) is 22.5. The Kier molecular flexibility index (Phi) is 7.04. The lowest BCUT2D eigenvalue weighted by molar-refractivity contribution is -0.111. The van der Waals surface area contributed by atoms with Crippen LogP contribution in [0.3, 0.4) is 0 Å². The average molecular weight is 477 g/mol. The van der Waals surface area contributed by atoms with E-state index in [1.165, 1.54) is 30.6 Å². The Morgan fingerprint density at radius 1 is 1.31 bits per heavy atom. The number of rotatable bonds is 7. The van der Waals surface area contributed by atoms with Gasteiger partial charge in [0.05, 0.1) is 29.4 Å². The summed E-state index contributed by atoms with van der Waals surface area (Å²) >= 11 is 11.5. The van der Waals surface area contributed by atoms with E-state index in [2.05, 4.69) is 20.6 Å². The first-order valence-corrected chi connectivity index (χ1v) is 10.7. The quantitative estimate of drug-likeness (QED) is 0.365. The van der Waals surface area contributed by atoms with E-state index in [0.717, 1.165) is 6.42 Å². The van der Waals surface area contributed by atoms with E-state index in [0.29, 0.717) is 47.1 Å². The molecule has 1 fully saturated rings. The van der Waals surface area contributed by atoms with Crippen molar-refractivity contribution in [1.82, 2.24) is 9.97 Å². The Hall–Kier alpha value is -2.94. The number of aromatic nitrogens is 2. The third-order valence-corrected chi connectivity index (χ3v) is 5.18. The Balaban J connectivity index is 1.72. The number of carbonyl (C=O) groups excluding carboxylic acids is 1. The van der Waals surface area contributed by atoms with Crippen LogP contribution in [0.1, 0.15) is 6.42 Å². The van der Waals surface area contributed by atoms with Gasteiger partial charge in [0.15, 0.2) is 0 Å². The summed E-state index contributed by atoms with van der Waals surface area (Å²) in [4.78, 5) is 20.9. The van der Waals surface area contributed by atoms with Crippen LogP contribution in [0, 0.1) is 5.82 Å². The second kappa shape index (κ2) is 10.1. The standard InChI is InChI=1S/C22H19Cl2FN4O3/c23-6-1-2-21(30)29-19-9-15-18(10-20(19)32-14-5-7-31-11-14)26-12-27-22(15)28-13-3-4-17(25)16(24)8-13/h1-4,8-10,12,14H,5-7,11H2,(H,29,30)(H,26,27,28)/b2-1+/t14-/m0/s1. The minimum atomic E-state index is -0.516. The first-order valence-electron chi connectivity index (χ1n) is 9.82. The molecule has 0 spiro atoms. The van der Waals surface area contributed by atoms with Gasteiger partial charge >= 0.3 is 0 Å². The second-order valence-corrected chi connectivity index (χ2v) is 7.71. The van der Waals surface area contributed by atoms with Crippen LogP contribution >= 0.6 is 23.2 Å². The smallest absolute Gasteiger partial charge is 0.248 e. The highest BCUT2D eigenvalue weighted by Gasteiger charge is 2.20. The van der Waals surface area contributed by atoms with Crippen molar-refractivity contribution < 1.29 is 18.7 Å². The molecule has 1 saturated heterocycles. The first-order chi connectivity index (χ1) is 15.5. The number of fused-ring (bicyclic) bond motifs is 1.